The molecule has 0 aromatic heterocycles. The number of carbonyl (C=O) groups excluding carboxylic acids is 1. The molecule has 0 saturated carbocycles. The Kier molecular flexibility index (Phi) is 5.68. The number of carbonyl (C=O) groups is 1. The zero-order chi connectivity index (χ0) is 15.4. The van der Waals surface area contributed by atoms with Crippen LogP contribution in [0.3, 0.4) is 0 Å². The molecule has 21 heavy (non-hydrogen) atoms. The standard InChI is InChI=1S/C16H20Cl2N2O/c1-19(2)13-6-4-10-20(11-13)15(21)9-8-12-5-3-7-14(17)16(12)18/h3,5,7-9,13H,4,6,10-11H2,1-2H3/b9-8+. The van der Waals surface area contributed by atoms with E-state index in [0.717, 1.165) is 31.5 Å². The molecule has 0 N–H and O–H groups in total. The molecule has 1 aromatic rings. The Morgan fingerprint density at radius 3 is 2.86 bits per heavy atom. The van der Waals surface area contributed by atoms with Crippen LogP contribution in [0.15, 0.2) is 24.3 Å². The van der Waals surface area contributed by atoms with E-state index in [-0.39, 0.29) is 5.91 Å². The highest BCUT2D eigenvalue weighted by Crippen LogP contribution is 2.26. The van der Waals surface area contributed by atoms with Crippen molar-refractivity contribution in [2.45, 2.75) is 18.9 Å². The molecule has 0 spiro atoms. The predicted octanol–water partition coefficient (Wildman–Crippen LogP) is 3.56. The lowest BCUT2D eigenvalue weighted by molar-refractivity contribution is -0.127. The molecule has 2 rings (SSSR count). The van der Waals surface area contributed by atoms with Crippen LogP contribution in [0.25, 0.3) is 6.08 Å². The molecular weight excluding hydrogens is 307 g/mol. The van der Waals surface area contributed by atoms with Gasteiger partial charge in [0.05, 0.1) is 10.0 Å². The van der Waals surface area contributed by atoms with Gasteiger partial charge in [0.15, 0.2) is 0 Å². The van der Waals surface area contributed by atoms with Crippen molar-refractivity contribution in [1.29, 1.82) is 0 Å². The fraction of sp³-hybridized carbons (Fsp3) is 0.438. The summed E-state index contributed by atoms with van der Waals surface area (Å²) in [5, 5.41) is 0.977. The van der Waals surface area contributed by atoms with Crippen LogP contribution >= 0.6 is 23.2 Å². The van der Waals surface area contributed by atoms with Gasteiger partial charge in [0.2, 0.25) is 5.91 Å². The number of hydrogen-bond donors (Lipinski definition) is 0. The zero-order valence-corrected chi connectivity index (χ0v) is 13.9. The second-order valence-electron chi connectivity index (χ2n) is 5.52. The average Bonchev–Trinajstić information content (AvgIpc) is 2.48. The Balaban J connectivity index is 2.03. The maximum Gasteiger partial charge on any atom is 0.246 e. The molecule has 1 heterocycles. The van der Waals surface area contributed by atoms with Crippen molar-refractivity contribution < 1.29 is 4.79 Å². The van der Waals surface area contributed by atoms with E-state index in [1.807, 2.05) is 17.0 Å². The number of benzene rings is 1. The lowest BCUT2D eigenvalue weighted by Crippen LogP contribution is -2.47. The fourth-order valence-corrected chi connectivity index (χ4v) is 2.86. The van der Waals surface area contributed by atoms with Gasteiger partial charge in [0, 0.05) is 25.2 Å². The number of likely N-dealkylation sites (N-methyl/N-ethyl adjacent to an activating group) is 1. The molecule has 3 nitrogen and oxygen atoms in total. The molecule has 1 fully saturated rings. The quantitative estimate of drug-likeness (QED) is 0.793. The number of hydrogen-bond acceptors (Lipinski definition) is 2. The Morgan fingerprint density at radius 2 is 2.14 bits per heavy atom. The summed E-state index contributed by atoms with van der Waals surface area (Å²) in [6.07, 6.45) is 5.49. The topological polar surface area (TPSA) is 23.6 Å². The summed E-state index contributed by atoms with van der Waals surface area (Å²) < 4.78 is 0. The van der Waals surface area contributed by atoms with Gasteiger partial charge in [-0.2, -0.15) is 0 Å². The first kappa shape index (κ1) is 16.3. The van der Waals surface area contributed by atoms with Gasteiger partial charge in [0.1, 0.15) is 0 Å². The fourth-order valence-electron chi connectivity index (χ4n) is 2.49. The highest BCUT2D eigenvalue weighted by molar-refractivity contribution is 6.42. The summed E-state index contributed by atoms with van der Waals surface area (Å²) in [7, 11) is 4.11. The highest BCUT2D eigenvalue weighted by Gasteiger charge is 2.23. The largest absolute Gasteiger partial charge is 0.338 e. The SMILES string of the molecule is CN(C)C1CCCN(C(=O)/C=C/c2cccc(Cl)c2Cl)C1. The Labute approximate surface area is 136 Å². The van der Waals surface area contributed by atoms with Crippen molar-refractivity contribution in [3.63, 3.8) is 0 Å². The minimum Gasteiger partial charge on any atom is -0.338 e. The highest BCUT2D eigenvalue weighted by atomic mass is 35.5. The molecule has 1 saturated heterocycles. The van der Waals surface area contributed by atoms with Gasteiger partial charge in [-0.25, -0.2) is 0 Å². The van der Waals surface area contributed by atoms with E-state index in [1.54, 1.807) is 18.2 Å². The van der Waals surface area contributed by atoms with Crippen molar-refractivity contribution in [2.75, 3.05) is 27.2 Å². The molecule has 114 valence electrons. The van der Waals surface area contributed by atoms with Crippen LogP contribution in [0, 0.1) is 0 Å². The molecule has 1 aliphatic heterocycles. The maximum absolute atomic E-state index is 12.3. The number of nitrogens with zero attached hydrogens (tertiary/aromatic N) is 2. The molecule has 0 radical (unpaired) electrons. The van der Waals surface area contributed by atoms with Crippen LogP contribution in [0.2, 0.25) is 10.0 Å². The molecule has 1 unspecified atom stereocenters. The second kappa shape index (κ2) is 7.30. The first-order valence-electron chi connectivity index (χ1n) is 7.06. The number of halogens is 2. The third-order valence-electron chi connectivity index (χ3n) is 3.83. The number of piperidine rings is 1. The van der Waals surface area contributed by atoms with Gasteiger partial charge >= 0.3 is 0 Å². The lowest BCUT2D eigenvalue weighted by Gasteiger charge is -2.35. The number of amides is 1. The van der Waals surface area contributed by atoms with Crippen LogP contribution in [0.4, 0.5) is 0 Å². The van der Waals surface area contributed by atoms with Crippen LogP contribution in [0.1, 0.15) is 18.4 Å². The van der Waals surface area contributed by atoms with Gasteiger partial charge in [-0.3, -0.25) is 4.79 Å². The van der Waals surface area contributed by atoms with E-state index in [9.17, 15) is 4.79 Å². The summed E-state index contributed by atoms with van der Waals surface area (Å²) in [5.74, 6) is 0.0255. The van der Waals surface area contributed by atoms with Gasteiger partial charge in [0.25, 0.3) is 0 Å². The van der Waals surface area contributed by atoms with Crippen LogP contribution in [-0.2, 0) is 4.79 Å². The Hall–Kier alpha value is -1.03. The lowest BCUT2D eigenvalue weighted by atomic mass is 10.0. The van der Waals surface area contributed by atoms with Crippen LogP contribution < -0.4 is 0 Å². The maximum atomic E-state index is 12.3. The van der Waals surface area contributed by atoms with Crippen molar-refractivity contribution in [1.82, 2.24) is 9.80 Å². The van der Waals surface area contributed by atoms with E-state index >= 15 is 0 Å². The third-order valence-corrected chi connectivity index (χ3v) is 4.66. The normalized spacial score (nSPS) is 19.5. The molecule has 1 aromatic carbocycles. The summed E-state index contributed by atoms with van der Waals surface area (Å²) >= 11 is 12.1. The van der Waals surface area contributed by atoms with Crippen molar-refractivity contribution in [3.8, 4) is 0 Å². The van der Waals surface area contributed by atoms with Gasteiger partial charge in [-0.05, 0) is 44.6 Å². The van der Waals surface area contributed by atoms with E-state index in [2.05, 4.69) is 19.0 Å². The van der Waals surface area contributed by atoms with Gasteiger partial charge in [-0.1, -0.05) is 35.3 Å². The average molecular weight is 327 g/mol. The third kappa shape index (κ3) is 4.22. The van der Waals surface area contributed by atoms with Crippen molar-refractivity contribution in [3.05, 3.63) is 39.9 Å². The summed E-state index contributed by atoms with van der Waals surface area (Å²) in [6, 6.07) is 5.83. The predicted molar refractivity (Wildman–Crippen MR) is 88.8 cm³/mol. The van der Waals surface area contributed by atoms with Crippen molar-refractivity contribution in [2.24, 2.45) is 0 Å². The first-order valence-corrected chi connectivity index (χ1v) is 7.82. The Morgan fingerprint density at radius 1 is 1.38 bits per heavy atom. The molecule has 1 atom stereocenters. The van der Waals surface area contributed by atoms with E-state index in [1.165, 1.54) is 0 Å². The molecule has 0 aliphatic carbocycles. The van der Waals surface area contributed by atoms with E-state index in [0.29, 0.717) is 16.1 Å². The minimum atomic E-state index is 0.0255. The Bertz CT molecular complexity index is 543. The minimum absolute atomic E-state index is 0.0255. The van der Waals surface area contributed by atoms with Gasteiger partial charge in [-0.15, -0.1) is 0 Å². The van der Waals surface area contributed by atoms with Gasteiger partial charge < -0.3 is 9.80 Å². The summed E-state index contributed by atoms with van der Waals surface area (Å²) in [4.78, 5) is 16.3. The summed E-state index contributed by atoms with van der Waals surface area (Å²) in [5.41, 5.74) is 0.763. The molecule has 5 heteroatoms. The molecule has 0 bridgehead atoms. The van der Waals surface area contributed by atoms with Crippen molar-refractivity contribution >= 4 is 35.2 Å². The summed E-state index contributed by atoms with van der Waals surface area (Å²) in [6.45, 7) is 1.59. The molecule has 1 amide bonds. The van der Waals surface area contributed by atoms with E-state index < -0.39 is 0 Å². The first-order chi connectivity index (χ1) is 9.99. The van der Waals surface area contributed by atoms with E-state index in [4.69, 9.17) is 23.2 Å². The van der Waals surface area contributed by atoms with Crippen LogP contribution in [-0.4, -0.2) is 48.9 Å². The zero-order valence-electron chi connectivity index (χ0n) is 12.4. The smallest absolute Gasteiger partial charge is 0.246 e. The molecule has 1 aliphatic rings. The monoisotopic (exact) mass is 326 g/mol. The molecular formula is C16H20Cl2N2O. The van der Waals surface area contributed by atoms with Crippen LogP contribution in [0.5, 0.6) is 0 Å². The second-order valence-corrected chi connectivity index (χ2v) is 6.31. The number of rotatable bonds is 3. The number of likely N-dealkylation sites (tertiary alicyclic amines) is 1.